The highest BCUT2D eigenvalue weighted by atomic mass is 35.5. The maximum atomic E-state index is 12.9. The molecule has 1 aliphatic heterocycles. The Balaban J connectivity index is 2.03. The van der Waals surface area contributed by atoms with Crippen LogP contribution < -0.4 is 4.74 Å². The number of ether oxygens (including phenoxy) is 2. The summed E-state index contributed by atoms with van der Waals surface area (Å²) in [6.07, 6.45) is 0. The first-order valence-corrected chi connectivity index (χ1v) is 10.5. The zero-order chi connectivity index (χ0) is 22.5. The molecule has 1 heterocycles. The third-order valence-electron chi connectivity index (χ3n) is 4.97. The topological polar surface area (TPSA) is 76.1 Å². The number of Topliss-reactive ketones (excluding diaryl/α,β-unsaturated/α-hetero) is 1. The van der Waals surface area contributed by atoms with Crippen LogP contribution >= 0.6 is 11.6 Å². The number of halogens is 1. The molecule has 2 aromatic rings. The van der Waals surface area contributed by atoms with Crippen molar-refractivity contribution in [3.05, 3.63) is 70.3 Å². The predicted octanol–water partition coefficient (Wildman–Crippen LogP) is 4.44. The monoisotopic (exact) mass is 443 g/mol. The number of ketones is 1. The van der Waals surface area contributed by atoms with Gasteiger partial charge in [-0.05, 0) is 47.9 Å². The molecule has 2 aromatic carbocycles. The van der Waals surface area contributed by atoms with Crippen LogP contribution in [0.2, 0.25) is 5.02 Å². The summed E-state index contributed by atoms with van der Waals surface area (Å²) in [6, 6.07) is 12.9. The van der Waals surface area contributed by atoms with Crippen LogP contribution in [0.15, 0.2) is 54.1 Å². The van der Waals surface area contributed by atoms with Crippen LogP contribution in [0.3, 0.4) is 0 Å². The Labute approximate surface area is 187 Å². The zero-order valence-corrected chi connectivity index (χ0v) is 18.6. The quantitative estimate of drug-likeness (QED) is 0.370. The number of aliphatic hydroxyl groups excluding tert-OH is 1. The van der Waals surface area contributed by atoms with E-state index >= 15 is 0 Å². The third-order valence-corrected chi connectivity index (χ3v) is 5.23. The first kappa shape index (κ1) is 22.8. The number of carbonyl (C=O) groups is 2. The number of nitrogens with zero attached hydrogens (tertiary/aromatic N) is 1. The Morgan fingerprint density at radius 1 is 1.10 bits per heavy atom. The molecule has 164 valence electrons. The third kappa shape index (κ3) is 5.09. The van der Waals surface area contributed by atoms with Gasteiger partial charge in [0.2, 0.25) is 0 Å². The molecule has 0 saturated carbocycles. The molecule has 1 atom stereocenters. The molecule has 1 fully saturated rings. The first-order valence-electron chi connectivity index (χ1n) is 10.1. The molecule has 6 nitrogen and oxygen atoms in total. The van der Waals surface area contributed by atoms with Gasteiger partial charge in [-0.15, -0.1) is 0 Å². The van der Waals surface area contributed by atoms with Gasteiger partial charge in [0.05, 0.1) is 24.8 Å². The van der Waals surface area contributed by atoms with E-state index in [9.17, 15) is 14.7 Å². The van der Waals surface area contributed by atoms with Crippen LogP contribution in [0.1, 0.15) is 31.0 Å². The van der Waals surface area contributed by atoms with Crippen molar-refractivity contribution in [3.8, 4) is 5.75 Å². The van der Waals surface area contributed by atoms with Crippen LogP contribution in [-0.4, -0.2) is 48.6 Å². The average molecular weight is 444 g/mol. The van der Waals surface area contributed by atoms with Gasteiger partial charge in [-0.1, -0.05) is 37.6 Å². The number of methoxy groups -OCH3 is 1. The van der Waals surface area contributed by atoms with Crippen molar-refractivity contribution in [2.75, 3.05) is 26.9 Å². The molecule has 0 aliphatic carbocycles. The SMILES string of the molecule is COCCN1C(=O)C(=O)/C(=C(\O)c2ccc(Cl)cc2)C1c1ccc(OCC(C)C)cc1. The summed E-state index contributed by atoms with van der Waals surface area (Å²) in [7, 11) is 1.53. The number of likely N-dealkylation sites (tertiary alicyclic amines) is 1. The molecular weight excluding hydrogens is 418 g/mol. The number of benzene rings is 2. The molecule has 1 unspecified atom stereocenters. The van der Waals surface area contributed by atoms with Crippen molar-refractivity contribution >= 4 is 29.1 Å². The second-order valence-corrected chi connectivity index (χ2v) is 8.20. The lowest BCUT2D eigenvalue weighted by Crippen LogP contribution is -2.32. The van der Waals surface area contributed by atoms with Crippen LogP contribution in [0.25, 0.3) is 5.76 Å². The second-order valence-electron chi connectivity index (χ2n) is 7.77. The van der Waals surface area contributed by atoms with Crippen LogP contribution in [0.5, 0.6) is 5.75 Å². The fraction of sp³-hybridized carbons (Fsp3) is 0.333. The summed E-state index contributed by atoms with van der Waals surface area (Å²) in [5, 5.41) is 11.5. The highest BCUT2D eigenvalue weighted by molar-refractivity contribution is 6.46. The Morgan fingerprint density at radius 2 is 1.74 bits per heavy atom. The molecule has 31 heavy (non-hydrogen) atoms. The minimum absolute atomic E-state index is 0.0410. The van der Waals surface area contributed by atoms with E-state index in [4.69, 9.17) is 21.1 Å². The number of hydrogen-bond donors (Lipinski definition) is 1. The van der Waals surface area contributed by atoms with Crippen molar-refractivity contribution in [1.29, 1.82) is 0 Å². The van der Waals surface area contributed by atoms with Gasteiger partial charge in [0.15, 0.2) is 0 Å². The summed E-state index contributed by atoms with van der Waals surface area (Å²) in [6.45, 7) is 5.19. The van der Waals surface area contributed by atoms with Gasteiger partial charge in [0.1, 0.15) is 11.5 Å². The molecule has 0 radical (unpaired) electrons. The van der Waals surface area contributed by atoms with Gasteiger partial charge in [-0.25, -0.2) is 0 Å². The van der Waals surface area contributed by atoms with E-state index in [1.165, 1.54) is 12.0 Å². The molecular formula is C24H26ClNO5. The Hall–Kier alpha value is -2.83. The average Bonchev–Trinajstić information content (AvgIpc) is 3.01. The molecule has 1 amide bonds. The summed E-state index contributed by atoms with van der Waals surface area (Å²) >= 11 is 5.94. The summed E-state index contributed by atoms with van der Waals surface area (Å²) < 4.78 is 10.9. The number of carbonyl (C=O) groups excluding carboxylic acids is 2. The largest absolute Gasteiger partial charge is 0.507 e. The van der Waals surface area contributed by atoms with Crippen molar-refractivity contribution < 1.29 is 24.2 Å². The minimum Gasteiger partial charge on any atom is -0.507 e. The molecule has 0 spiro atoms. The lowest BCUT2D eigenvalue weighted by atomic mass is 9.95. The van der Waals surface area contributed by atoms with Crippen LogP contribution in [0, 0.1) is 5.92 Å². The lowest BCUT2D eigenvalue weighted by Gasteiger charge is -2.25. The minimum atomic E-state index is -0.732. The summed E-state index contributed by atoms with van der Waals surface area (Å²) in [4.78, 5) is 27.1. The number of rotatable bonds is 8. The molecule has 1 aliphatic rings. The van der Waals surface area contributed by atoms with Gasteiger partial charge in [0, 0.05) is 24.2 Å². The van der Waals surface area contributed by atoms with Gasteiger partial charge in [-0.3, -0.25) is 9.59 Å². The molecule has 1 N–H and O–H groups in total. The molecule has 1 saturated heterocycles. The highest BCUT2D eigenvalue weighted by Crippen LogP contribution is 2.39. The van der Waals surface area contributed by atoms with Gasteiger partial charge in [-0.2, -0.15) is 0 Å². The number of amides is 1. The van der Waals surface area contributed by atoms with Crippen molar-refractivity contribution in [2.45, 2.75) is 19.9 Å². The maximum Gasteiger partial charge on any atom is 0.295 e. The Morgan fingerprint density at radius 3 is 2.32 bits per heavy atom. The van der Waals surface area contributed by atoms with Crippen molar-refractivity contribution in [3.63, 3.8) is 0 Å². The molecule has 0 aromatic heterocycles. The smallest absolute Gasteiger partial charge is 0.295 e. The molecule has 3 rings (SSSR count). The number of aliphatic hydroxyl groups is 1. The van der Waals surface area contributed by atoms with Gasteiger partial charge in [0.25, 0.3) is 11.7 Å². The maximum absolute atomic E-state index is 12.9. The fourth-order valence-electron chi connectivity index (χ4n) is 3.42. The van der Waals surface area contributed by atoms with E-state index < -0.39 is 17.7 Å². The number of hydrogen-bond acceptors (Lipinski definition) is 5. The summed E-state index contributed by atoms with van der Waals surface area (Å²) in [5.74, 6) is -0.546. The molecule has 7 heteroatoms. The van der Waals surface area contributed by atoms with Gasteiger partial charge >= 0.3 is 0 Å². The summed E-state index contributed by atoms with van der Waals surface area (Å²) in [5.41, 5.74) is 1.15. The van der Waals surface area contributed by atoms with Crippen LogP contribution in [-0.2, 0) is 14.3 Å². The zero-order valence-electron chi connectivity index (χ0n) is 17.8. The van der Waals surface area contributed by atoms with E-state index in [0.717, 1.165) is 0 Å². The van der Waals surface area contributed by atoms with E-state index in [1.54, 1.807) is 48.5 Å². The van der Waals surface area contributed by atoms with Crippen molar-refractivity contribution in [1.82, 2.24) is 4.90 Å². The highest BCUT2D eigenvalue weighted by Gasteiger charge is 2.45. The lowest BCUT2D eigenvalue weighted by molar-refractivity contribution is -0.140. The van der Waals surface area contributed by atoms with E-state index in [-0.39, 0.29) is 24.5 Å². The fourth-order valence-corrected chi connectivity index (χ4v) is 3.55. The first-order chi connectivity index (χ1) is 14.8. The van der Waals surface area contributed by atoms with E-state index in [1.807, 2.05) is 0 Å². The Kier molecular flexibility index (Phi) is 7.36. The normalized spacial score (nSPS) is 18.1. The van der Waals surface area contributed by atoms with E-state index in [2.05, 4.69) is 13.8 Å². The predicted molar refractivity (Wildman–Crippen MR) is 119 cm³/mol. The molecule has 0 bridgehead atoms. The second kappa shape index (κ2) is 9.98. The Bertz CT molecular complexity index is 966. The van der Waals surface area contributed by atoms with Crippen molar-refractivity contribution in [2.24, 2.45) is 5.92 Å². The van der Waals surface area contributed by atoms with Crippen LogP contribution in [0.4, 0.5) is 0 Å². The van der Waals surface area contributed by atoms with Gasteiger partial charge < -0.3 is 19.5 Å². The van der Waals surface area contributed by atoms with E-state index in [0.29, 0.717) is 34.4 Å². The standard InChI is InChI=1S/C24H26ClNO5/c1-15(2)14-31-19-10-6-16(7-11-19)21-20(22(27)17-4-8-18(25)9-5-17)23(28)24(29)26(21)12-13-30-3/h4-11,15,21,27H,12-14H2,1-3H3/b22-20-.